The minimum atomic E-state index is 0. The van der Waals surface area contributed by atoms with Crippen molar-refractivity contribution in [2.75, 3.05) is 0 Å². The SMILES string of the molecule is CC1(C)CC(N)CC(C)(C)S1.Cl. The predicted octanol–water partition coefficient (Wildman–Crippen LogP) is 2.82. The highest BCUT2D eigenvalue weighted by Crippen LogP contribution is 2.46. The molecular weight excluding hydrogens is 190 g/mol. The van der Waals surface area contributed by atoms with E-state index in [-0.39, 0.29) is 12.4 Å². The van der Waals surface area contributed by atoms with E-state index >= 15 is 0 Å². The zero-order valence-corrected chi connectivity index (χ0v) is 10.0. The van der Waals surface area contributed by atoms with Crippen molar-refractivity contribution in [1.82, 2.24) is 0 Å². The first-order chi connectivity index (χ1) is 4.81. The Hall–Kier alpha value is 0.600. The van der Waals surface area contributed by atoms with Gasteiger partial charge in [0, 0.05) is 15.5 Å². The smallest absolute Gasteiger partial charge is 0.0123 e. The first-order valence-corrected chi connectivity index (χ1v) is 5.08. The lowest BCUT2D eigenvalue weighted by molar-refractivity contribution is 0.428. The Morgan fingerprint density at radius 3 is 1.67 bits per heavy atom. The highest BCUT2D eigenvalue weighted by atomic mass is 35.5. The summed E-state index contributed by atoms with van der Waals surface area (Å²) in [5.41, 5.74) is 5.97. The summed E-state index contributed by atoms with van der Waals surface area (Å²) in [6, 6.07) is 0.404. The van der Waals surface area contributed by atoms with Crippen molar-refractivity contribution < 1.29 is 0 Å². The predicted molar refractivity (Wildman–Crippen MR) is 60.2 cm³/mol. The van der Waals surface area contributed by atoms with Gasteiger partial charge in [0.1, 0.15) is 0 Å². The normalized spacial score (nSPS) is 27.8. The first-order valence-electron chi connectivity index (χ1n) is 4.27. The molecule has 2 N–H and O–H groups in total. The van der Waals surface area contributed by atoms with E-state index in [1.54, 1.807) is 0 Å². The second kappa shape index (κ2) is 3.77. The molecule has 0 aliphatic carbocycles. The zero-order valence-electron chi connectivity index (χ0n) is 8.39. The van der Waals surface area contributed by atoms with Crippen LogP contribution in [0.3, 0.4) is 0 Å². The Labute approximate surface area is 86.3 Å². The summed E-state index contributed by atoms with van der Waals surface area (Å²) < 4.78 is 0.752. The van der Waals surface area contributed by atoms with Gasteiger partial charge in [-0.15, -0.1) is 24.2 Å². The fourth-order valence-corrected chi connectivity index (χ4v) is 4.26. The molecule has 3 heteroatoms. The van der Waals surface area contributed by atoms with Gasteiger partial charge in [-0.05, 0) is 12.8 Å². The monoisotopic (exact) mass is 209 g/mol. The van der Waals surface area contributed by atoms with Crippen LogP contribution >= 0.6 is 24.2 Å². The first kappa shape index (κ1) is 12.6. The number of rotatable bonds is 0. The van der Waals surface area contributed by atoms with Gasteiger partial charge in [0.25, 0.3) is 0 Å². The summed E-state index contributed by atoms with van der Waals surface area (Å²) >= 11 is 2.07. The van der Waals surface area contributed by atoms with Gasteiger partial charge < -0.3 is 5.73 Å². The van der Waals surface area contributed by atoms with Crippen LogP contribution in [-0.4, -0.2) is 15.5 Å². The van der Waals surface area contributed by atoms with Crippen LogP contribution in [0.2, 0.25) is 0 Å². The van der Waals surface area contributed by atoms with E-state index in [0.717, 1.165) is 12.8 Å². The molecule has 0 radical (unpaired) electrons. The molecular formula is C9H20ClNS. The molecule has 0 unspecified atom stereocenters. The number of nitrogens with two attached hydrogens (primary N) is 1. The van der Waals surface area contributed by atoms with E-state index in [0.29, 0.717) is 15.5 Å². The minimum absolute atomic E-state index is 0. The van der Waals surface area contributed by atoms with Crippen molar-refractivity contribution in [1.29, 1.82) is 0 Å². The van der Waals surface area contributed by atoms with E-state index in [4.69, 9.17) is 5.73 Å². The molecule has 0 aromatic heterocycles. The Balaban J connectivity index is 0.00000121. The quantitative estimate of drug-likeness (QED) is 0.664. The maximum atomic E-state index is 5.97. The van der Waals surface area contributed by atoms with Crippen LogP contribution in [0.5, 0.6) is 0 Å². The summed E-state index contributed by atoms with van der Waals surface area (Å²) in [5.74, 6) is 0. The average molecular weight is 210 g/mol. The van der Waals surface area contributed by atoms with E-state index in [2.05, 4.69) is 39.5 Å². The Kier molecular flexibility index (Phi) is 3.96. The number of hydrogen-bond donors (Lipinski definition) is 1. The second-order valence-corrected chi connectivity index (χ2v) is 7.20. The Morgan fingerprint density at radius 2 is 1.42 bits per heavy atom. The van der Waals surface area contributed by atoms with Crippen LogP contribution in [0.25, 0.3) is 0 Å². The average Bonchev–Trinajstić information content (AvgIpc) is 1.49. The molecule has 0 aromatic rings. The molecule has 0 aromatic carbocycles. The van der Waals surface area contributed by atoms with Crippen LogP contribution < -0.4 is 5.73 Å². The van der Waals surface area contributed by atoms with Crippen molar-refractivity contribution in [2.24, 2.45) is 5.73 Å². The summed E-state index contributed by atoms with van der Waals surface area (Å²) in [7, 11) is 0. The summed E-state index contributed by atoms with van der Waals surface area (Å²) in [5, 5.41) is 0. The lowest BCUT2D eigenvalue weighted by atomic mass is 9.94. The minimum Gasteiger partial charge on any atom is -0.328 e. The van der Waals surface area contributed by atoms with Gasteiger partial charge in [-0.2, -0.15) is 0 Å². The highest BCUT2D eigenvalue weighted by molar-refractivity contribution is 8.01. The maximum absolute atomic E-state index is 5.97. The van der Waals surface area contributed by atoms with E-state index in [9.17, 15) is 0 Å². The topological polar surface area (TPSA) is 26.0 Å². The molecule has 0 bridgehead atoms. The van der Waals surface area contributed by atoms with Crippen LogP contribution in [0.4, 0.5) is 0 Å². The molecule has 1 aliphatic rings. The van der Waals surface area contributed by atoms with E-state index in [1.807, 2.05) is 0 Å². The van der Waals surface area contributed by atoms with Crippen molar-refractivity contribution in [2.45, 2.75) is 56.1 Å². The molecule has 1 fully saturated rings. The number of hydrogen-bond acceptors (Lipinski definition) is 2. The van der Waals surface area contributed by atoms with Crippen molar-refractivity contribution in [3.8, 4) is 0 Å². The van der Waals surface area contributed by atoms with Crippen molar-refractivity contribution in [3.63, 3.8) is 0 Å². The standard InChI is InChI=1S/C9H19NS.ClH/c1-8(2)5-7(10)6-9(3,4)11-8;/h7H,5-6,10H2,1-4H3;1H. The number of halogens is 1. The third-order valence-electron chi connectivity index (χ3n) is 2.06. The zero-order chi connectivity index (χ0) is 8.70. The van der Waals surface area contributed by atoms with Crippen molar-refractivity contribution >= 4 is 24.2 Å². The van der Waals surface area contributed by atoms with Gasteiger partial charge in [0.2, 0.25) is 0 Å². The lowest BCUT2D eigenvalue weighted by Gasteiger charge is -2.43. The second-order valence-electron chi connectivity index (χ2n) is 4.79. The van der Waals surface area contributed by atoms with Gasteiger partial charge in [-0.3, -0.25) is 0 Å². The third-order valence-corrected chi connectivity index (χ3v) is 3.50. The third kappa shape index (κ3) is 3.55. The molecule has 12 heavy (non-hydrogen) atoms. The molecule has 1 saturated heterocycles. The Morgan fingerprint density at radius 1 is 1.08 bits per heavy atom. The largest absolute Gasteiger partial charge is 0.328 e. The fraction of sp³-hybridized carbons (Fsp3) is 1.00. The molecule has 0 spiro atoms. The van der Waals surface area contributed by atoms with Crippen LogP contribution in [0.15, 0.2) is 0 Å². The van der Waals surface area contributed by atoms with E-state index in [1.165, 1.54) is 0 Å². The molecule has 0 amide bonds. The summed E-state index contributed by atoms with van der Waals surface area (Å²) in [4.78, 5) is 0. The van der Waals surface area contributed by atoms with Gasteiger partial charge >= 0.3 is 0 Å². The molecule has 1 nitrogen and oxygen atoms in total. The lowest BCUT2D eigenvalue weighted by Crippen LogP contribution is -2.43. The molecule has 74 valence electrons. The molecule has 0 atom stereocenters. The van der Waals surface area contributed by atoms with Crippen LogP contribution in [-0.2, 0) is 0 Å². The fourth-order valence-electron chi connectivity index (χ4n) is 2.17. The van der Waals surface area contributed by atoms with Gasteiger partial charge in [-0.25, -0.2) is 0 Å². The van der Waals surface area contributed by atoms with Gasteiger partial charge in [-0.1, -0.05) is 27.7 Å². The summed E-state index contributed by atoms with van der Waals surface area (Å²) in [6.07, 6.45) is 2.31. The molecule has 1 rings (SSSR count). The summed E-state index contributed by atoms with van der Waals surface area (Å²) in [6.45, 7) is 9.16. The molecule has 1 heterocycles. The van der Waals surface area contributed by atoms with Crippen LogP contribution in [0, 0.1) is 0 Å². The molecule has 0 saturated carbocycles. The van der Waals surface area contributed by atoms with Gasteiger partial charge in [0.05, 0.1) is 0 Å². The van der Waals surface area contributed by atoms with Gasteiger partial charge in [0.15, 0.2) is 0 Å². The van der Waals surface area contributed by atoms with Crippen LogP contribution in [0.1, 0.15) is 40.5 Å². The van der Waals surface area contributed by atoms with Crippen molar-refractivity contribution in [3.05, 3.63) is 0 Å². The van der Waals surface area contributed by atoms with E-state index < -0.39 is 0 Å². The Bertz CT molecular complexity index is 141. The maximum Gasteiger partial charge on any atom is 0.0123 e. The molecule has 1 aliphatic heterocycles. The number of thioether (sulfide) groups is 1. The highest BCUT2D eigenvalue weighted by Gasteiger charge is 2.37.